The largest absolute Gasteiger partial charge is 0.462 e. The van der Waals surface area contributed by atoms with Gasteiger partial charge in [-0.05, 0) is 55.9 Å². The van der Waals surface area contributed by atoms with Crippen LogP contribution in [0.15, 0.2) is 53.3 Å². The lowest BCUT2D eigenvalue weighted by Gasteiger charge is -2.20. The number of rotatable bonds is 5. The number of aryl methyl sites for hydroxylation is 2. The van der Waals surface area contributed by atoms with Gasteiger partial charge in [0.15, 0.2) is 0 Å². The molecule has 5 rings (SSSR count). The standard InChI is InChI=1S/C24H23N3O3/c28-23(30-15-7-14-27-21-13-6-5-12-20(21)26-24(27)29)22-16-8-1-3-10-18(16)25-19-11-4-2-9-17(19)22/h1,3,5-6,8,10,12-13H,2,4,7,9,11,14-15H2,(H,26,29). The molecule has 0 bridgehead atoms. The molecule has 0 atom stereocenters. The van der Waals surface area contributed by atoms with Crippen LogP contribution in [0.5, 0.6) is 0 Å². The second kappa shape index (κ2) is 7.78. The molecule has 2 heterocycles. The fraction of sp³-hybridized carbons (Fsp3) is 0.292. The SMILES string of the molecule is O=C(OCCCn1c(=O)[nH]c2ccccc21)c1c2c(nc3ccccc13)CCCC2. The minimum Gasteiger partial charge on any atom is -0.462 e. The van der Waals surface area contributed by atoms with Crippen molar-refractivity contribution in [1.29, 1.82) is 0 Å². The molecule has 2 aromatic carbocycles. The number of pyridine rings is 1. The van der Waals surface area contributed by atoms with Gasteiger partial charge in [0.05, 0.1) is 28.7 Å². The van der Waals surface area contributed by atoms with E-state index >= 15 is 0 Å². The summed E-state index contributed by atoms with van der Waals surface area (Å²) < 4.78 is 7.35. The number of hydrogen-bond acceptors (Lipinski definition) is 4. The molecular formula is C24H23N3O3. The Morgan fingerprint density at radius 2 is 1.87 bits per heavy atom. The minimum atomic E-state index is -0.293. The van der Waals surface area contributed by atoms with Gasteiger partial charge < -0.3 is 9.72 Å². The molecule has 4 aromatic rings. The van der Waals surface area contributed by atoms with Crippen LogP contribution >= 0.6 is 0 Å². The van der Waals surface area contributed by atoms with E-state index in [-0.39, 0.29) is 18.3 Å². The fourth-order valence-corrected chi connectivity index (χ4v) is 4.39. The normalized spacial score (nSPS) is 13.5. The summed E-state index contributed by atoms with van der Waals surface area (Å²) in [7, 11) is 0. The lowest BCUT2D eigenvalue weighted by atomic mass is 9.90. The number of H-pyrrole nitrogens is 1. The average Bonchev–Trinajstić information content (AvgIpc) is 3.09. The summed E-state index contributed by atoms with van der Waals surface area (Å²) in [4.78, 5) is 32.9. The van der Waals surface area contributed by atoms with Gasteiger partial charge in [-0.1, -0.05) is 30.3 Å². The summed E-state index contributed by atoms with van der Waals surface area (Å²) in [5.41, 5.74) is 5.11. The van der Waals surface area contributed by atoms with Crippen LogP contribution in [0.25, 0.3) is 21.9 Å². The number of esters is 1. The molecular weight excluding hydrogens is 378 g/mol. The van der Waals surface area contributed by atoms with Crippen LogP contribution < -0.4 is 5.69 Å². The highest BCUT2D eigenvalue weighted by Gasteiger charge is 2.23. The summed E-state index contributed by atoms with van der Waals surface area (Å²) in [6.07, 6.45) is 4.51. The van der Waals surface area contributed by atoms with Gasteiger partial charge in [0, 0.05) is 17.6 Å². The molecule has 0 radical (unpaired) electrons. The molecule has 6 heteroatoms. The Balaban J connectivity index is 1.34. The molecule has 6 nitrogen and oxygen atoms in total. The van der Waals surface area contributed by atoms with Crippen molar-refractivity contribution in [1.82, 2.24) is 14.5 Å². The van der Waals surface area contributed by atoms with Gasteiger partial charge in [0.1, 0.15) is 0 Å². The third-order valence-corrected chi connectivity index (χ3v) is 5.81. The second-order valence-electron chi connectivity index (χ2n) is 7.72. The maximum absolute atomic E-state index is 13.0. The topological polar surface area (TPSA) is 77.0 Å². The number of fused-ring (bicyclic) bond motifs is 3. The van der Waals surface area contributed by atoms with E-state index < -0.39 is 0 Å². The highest BCUT2D eigenvalue weighted by molar-refractivity contribution is 6.05. The fourth-order valence-electron chi connectivity index (χ4n) is 4.39. The Bertz CT molecular complexity index is 1300. The average molecular weight is 401 g/mol. The number of nitrogens with zero attached hydrogens (tertiary/aromatic N) is 2. The first-order valence-electron chi connectivity index (χ1n) is 10.5. The van der Waals surface area contributed by atoms with Gasteiger partial charge in [-0.25, -0.2) is 9.59 Å². The number of benzene rings is 2. The maximum atomic E-state index is 13.0. The van der Waals surface area contributed by atoms with Crippen molar-refractivity contribution in [2.24, 2.45) is 0 Å². The number of carbonyl (C=O) groups is 1. The molecule has 2 aromatic heterocycles. The van der Waals surface area contributed by atoms with Gasteiger partial charge in [0.2, 0.25) is 0 Å². The smallest absolute Gasteiger partial charge is 0.339 e. The number of imidazole rings is 1. The van der Waals surface area contributed by atoms with Crippen LogP contribution in [0.1, 0.15) is 40.9 Å². The predicted molar refractivity (Wildman–Crippen MR) is 116 cm³/mol. The van der Waals surface area contributed by atoms with Crippen LogP contribution in [0.4, 0.5) is 0 Å². The summed E-state index contributed by atoms with van der Waals surface area (Å²) in [6.45, 7) is 0.752. The van der Waals surface area contributed by atoms with Crippen molar-refractivity contribution in [2.75, 3.05) is 6.61 Å². The number of para-hydroxylation sites is 3. The van der Waals surface area contributed by atoms with E-state index in [2.05, 4.69) is 4.98 Å². The molecule has 1 aliphatic rings. The first kappa shape index (κ1) is 18.6. The van der Waals surface area contributed by atoms with E-state index in [1.165, 1.54) is 0 Å². The molecule has 30 heavy (non-hydrogen) atoms. The molecule has 0 saturated carbocycles. The molecule has 152 valence electrons. The summed E-state index contributed by atoms with van der Waals surface area (Å²) in [5, 5.41) is 0.857. The van der Waals surface area contributed by atoms with Crippen LogP contribution in [0.2, 0.25) is 0 Å². The second-order valence-corrected chi connectivity index (χ2v) is 7.72. The molecule has 0 amide bonds. The van der Waals surface area contributed by atoms with Crippen LogP contribution in [0.3, 0.4) is 0 Å². The third kappa shape index (κ3) is 3.28. The Morgan fingerprint density at radius 1 is 1.07 bits per heavy atom. The number of nitrogens with one attached hydrogen (secondary N) is 1. The lowest BCUT2D eigenvalue weighted by molar-refractivity contribution is 0.0496. The van der Waals surface area contributed by atoms with Gasteiger partial charge in [-0.2, -0.15) is 0 Å². The van der Waals surface area contributed by atoms with E-state index in [4.69, 9.17) is 9.72 Å². The van der Waals surface area contributed by atoms with Gasteiger partial charge >= 0.3 is 11.7 Å². The molecule has 0 saturated heterocycles. The van der Waals surface area contributed by atoms with E-state index in [9.17, 15) is 9.59 Å². The third-order valence-electron chi connectivity index (χ3n) is 5.81. The maximum Gasteiger partial charge on any atom is 0.339 e. The summed E-state index contributed by atoms with van der Waals surface area (Å²) in [6, 6.07) is 15.4. The first-order valence-corrected chi connectivity index (χ1v) is 10.5. The molecule has 0 spiro atoms. The van der Waals surface area contributed by atoms with Gasteiger partial charge in [-0.3, -0.25) is 9.55 Å². The summed E-state index contributed by atoms with van der Waals surface area (Å²) in [5.74, 6) is -0.293. The molecule has 0 fully saturated rings. The number of hydrogen-bond donors (Lipinski definition) is 1. The van der Waals surface area contributed by atoms with Crippen molar-refractivity contribution in [3.63, 3.8) is 0 Å². The number of ether oxygens (including phenoxy) is 1. The zero-order chi connectivity index (χ0) is 20.5. The molecule has 1 N–H and O–H groups in total. The number of aromatic amines is 1. The monoisotopic (exact) mass is 401 g/mol. The van der Waals surface area contributed by atoms with Crippen LogP contribution in [-0.2, 0) is 24.1 Å². The van der Waals surface area contributed by atoms with Gasteiger partial charge in [0.25, 0.3) is 0 Å². The zero-order valence-corrected chi connectivity index (χ0v) is 16.7. The number of aromatic nitrogens is 3. The van der Waals surface area contributed by atoms with Crippen molar-refractivity contribution < 1.29 is 9.53 Å². The van der Waals surface area contributed by atoms with E-state index in [1.54, 1.807) is 4.57 Å². The van der Waals surface area contributed by atoms with Crippen LogP contribution in [0, 0.1) is 0 Å². The molecule has 1 aliphatic carbocycles. The quantitative estimate of drug-likeness (QED) is 0.405. The minimum absolute atomic E-state index is 0.142. The van der Waals surface area contributed by atoms with Crippen molar-refractivity contribution in [3.8, 4) is 0 Å². The van der Waals surface area contributed by atoms with Crippen molar-refractivity contribution in [2.45, 2.75) is 38.6 Å². The highest BCUT2D eigenvalue weighted by atomic mass is 16.5. The van der Waals surface area contributed by atoms with E-state index in [0.717, 1.165) is 58.9 Å². The predicted octanol–water partition coefficient (Wildman–Crippen LogP) is 4.00. The molecule has 0 aliphatic heterocycles. The van der Waals surface area contributed by atoms with E-state index in [1.807, 2.05) is 48.5 Å². The van der Waals surface area contributed by atoms with Crippen molar-refractivity contribution >= 4 is 27.9 Å². The highest BCUT2D eigenvalue weighted by Crippen LogP contribution is 2.29. The Hall–Kier alpha value is -3.41. The van der Waals surface area contributed by atoms with Crippen molar-refractivity contribution in [3.05, 3.63) is 75.8 Å². The Labute approximate surface area is 173 Å². The van der Waals surface area contributed by atoms with Gasteiger partial charge in [-0.15, -0.1) is 0 Å². The number of carbonyl (C=O) groups excluding carboxylic acids is 1. The lowest BCUT2D eigenvalue weighted by Crippen LogP contribution is -2.19. The summed E-state index contributed by atoms with van der Waals surface area (Å²) >= 11 is 0. The van der Waals surface area contributed by atoms with Crippen LogP contribution in [-0.4, -0.2) is 27.1 Å². The molecule has 0 unspecified atom stereocenters. The zero-order valence-electron chi connectivity index (χ0n) is 16.7. The van der Waals surface area contributed by atoms with E-state index in [0.29, 0.717) is 18.5 Å². The Kier molecular flexibility index (Phi) is 4.83. The first-order chi connectivity index (χ1) is 14.7. The Morgan fingerprint density at radius 3 is 2.80 bits per heavy atom.